The molecule has 0 saturated carbocycles. The lowest BCUT2D eigenvalue weighted by molar-refractivity contribution is 0.00109. The van der Waals surface area contributed by atoms with E-state index in [0.717, 1.165) is 0 Å². The zero-order valence-corrected chi connectivity index (χ0v) is 19.0. The van der Waals surface area contributed by atoms with Crippen molar-refractivity contribution in [3.05, 3.63) is 25.2 Å². The van der Waals surface area contributed by atoms with Gasteiger partial charge < -0.3 is 19.3 Å². The van der Waals surface area contributed by atoms with Crippen molar-refractivity contribution in [3.63, 3.8) is 0 Å². The first-order valence-electron chi connectivity index (χ1n) is 8.67. The number of piperazine rings is 1. The third kappa shape index (κ3) is 4.40. The summed E-state index contributed by atoms with van der Waals surface area (Å²) in [5.74, 6) is 0.197. The second kappa shape index (κ2) is 7.83. The number of carbonyl (C=O) groups is 2. The van der Waals surface area contributed by atoms with E-state index in [1.165, 1.54) is 0 Å². The fourth-order valence-corrected chi connectivity index (χ4v) is 4.10. The first kappa shape index (κ1) is 20.8. The summed E-state index contributed by atoms with van der Waals surface area (Å²) in [6.45, 7) is 7.13. The summed E-state index contributed by atoms with van der Waals surface area (Å²) >= 11 is 14.6. The predicted octanol–water partition coefficient (Wildman–Crippen LogP) is 4.44. The summed E-state index contributed by atoms with van der Waals surface area (Å²) in [4.78, 5) is 28.9. The molecule has 148 valence electrons. The van der Waals surface area contributed by atoms with E-state index in [-0.39, 0.29) is 18.0 Å². The molecule has 2 aliphatic heterocycles. The molecule has 0 aliphatic carbocycles. The molecule has 0 spiro atoms. The first-order chi connectivity index (χ1) is 12.6. The summed E-state index contributed by atoms with van der Waals surface area (Å²) in [6, 6.07) is 1.46. The molecule has 1 fully saturated rings. The molecular weight excluding hydrogens is 506 g/mol. The molecule has 0 aromatic heterocycles. The standard InChI is InChI=1S/C18H21Cl2IN2O4/c1-18(2,3)27-17(25)22-5-6-23-10(9-22)4-7-26-15-11(16(23)24)8-12(19)14(21)13(15)20/h8,10H,4-7,9H2,1-3H3/t10-/m1/s1. The van der Waals surface area contributed by atoms with E-state index >= 15 is 0 Å². The van der Waals surface area contributed by atoms with Crippen LogP contribution in [0, 0.1) is 3.57 Å². The van der Waals surface area contributed by atoms with Gasteiger partial charge in [0.2, 0.25) is 0 Å². The molecule has 0 bridgehead atoms. The van der Waals surface area contributed by atoms with Crippen molar-refractivity contribution in [1.82, 2.24) is 9.80 Å². The number of carbonyl (C=O) groups excluding carboxylic acids is 2. The lowest BCUT2D eigenvalue weighted by Gasteiger charge is -2.42. The van der Waals surface area contributed by atoms with Gasteiger partial charge in [-0.15, -0.1) is 0 Å². The Labute approximate surface area is 182 Å². The number of hydrogen-bond donors (Lipinski definition) is 0. The van der Waals surface area contributed by atoms with Crippen molar-refractivity contribution in [2.24, 2.45) is 0 Å². The lowest BCUT2D eigenvalue weighted by Crippen LogP contribution is -2.58. The second-order valence-corrected chi connectivity index (χ2v) is 9.44. The van der Waals surface area contributed by atoms with Crippen LogP contribution in [-0.2, 0) is 4.74 Å². The van der Waals surface area contributed by atoms with Gasteiger partial charge >= 0.3 is 6.09 Å². The summed E-state index contributed by atoms with van der Waals surface area (Å²) < 4.78 is 11.9. The number of fused-ring (bicyclic) bond motifs is 2. The highest BCUT2D eigenvalue weighted by Gasteiger charge is 2.37. The Balaban J connectivity index is 1.83. The number of halogens is 3. The maximum absolute atomic E-state index is 13.1. The minimum atomic E-state index is -0.558. The van der Waals surface area contributed by atoms with E-state index in [2.05, 4.69) is 0 Å². The van der Waals surface area contributed by atoms with Gasteiger partial charge in [0.25, 0.3) is 5.91 Å². The minimum absolute atomic E-state index is 0.149. The molecule has 1 aromatic rings. The monoisotopic (exact) mass is 526 g/mol. The average Bonchev–Trinajstić information content (AvgIpc) is 2.58. The van der Waals surface area contributed by atoms with E-state index in [1.807, 2.05) is 43.4 Å². The third-order valence-corrected chi connectivity index (χ3v) is 6.86. The van der Waals surface area contributed by atoms with Crippen LogP contribution in [0.4, 0.5) is 4.79 Å². The molecule has 3 rings (SSSR count). The van der Waals surface area contributed by atoms with Crippen LogP contribution >= 0.6 is 45.8 Å². The van der Waals surface area contributed by atoms with Gasteiger partial charge in [-0.25, -0.2) is 4.79 Å². The topological polar surface area (TPSA) is 59.1 Å². The summed E-state index contributed by atoms with van der Waals surface area (Å²) in [5.41, 5.74) is -0.196. The number of benzene rings is 1. The minimum Gasteiger partial charge on any atom is -0.491 e. The molecule has 0 unspecified atom stereocenters. The Morgan fingerprint density at radius 3 is 2.70 bits per heavy atom. The van der Waals surface area contributed by atoms with Crippen LogP contribution in [0.3, 0.4) is 0 Å². The molecule has 2 heterocycles. The number of rotatable bonds is 0. The fourth-order valence-electron chi connectivity index (χ4n) is 3.19. The van der Waals surface area contributed by atoms with Crippen LogP contribution in [0.2, 0.25) is 10.0 Å². The van der Waals surface area contributed by atoms with Crippen LogP contribution < -0.4 is 4.74 Å². The van der Waals surface area contributed by atoms with E-state index < -0.39 is 5.60 Å². The highest BCUT2D eigenvalue weighted by molar-refractivity contribution is 14.1. The molecular formula is C18H21Cl2IN2O4. The van der Waals surface area contributed by atoms with Crippen molar-refractivity contribution in [2.45, 2.75) is 38.8 Å². The van der Waals surface area contributed by atoms with Gasteiger partial charge in [0, 0.05) is 26.1 Å². The second-order valence-electron chi connectivity index (χ2n) is 7.58. The van der Waals surface area contributed by atoms with E-state index in [1.54, 1.807) is 15.9 Å². The van der Waals surface area contributed by atoms with Crippen LogP contribution in [0.15, 0.2) is 6.07 Å². The van der Waals surface area contributed by atoms with Crippen LogP contribution in [0.1, 0.15) is 37.6 Å². The van der Waals surface area contributed by atoms with Crippen LogP contribution in [0.25, 0.3) is 0 Å². The molecule has 2 aliphatic rings. The van der Waals surface area contributed by atoms with Crippen molar-refractivity contribution < 1.29 is 19.1 Å². The lowest BCUT2D eigenvalue weighted by atomic mass is 10.0. The van der Waals surface area contributed by atoms with Crippen LogP contribution in [-0.4, -0.2) is 59.7 Å². The zero-order valence-electron chi connectivity index (χ0n) is 15.4. The van der Waals surface area contributed by atoms with Gasteiger partial charge in [-0.2, -0.15) is 0 Å². The fraction of sp³-hybridized carbons (Fsp3) is 0.556. The van der Waals surface area contributed by atoms with Gasteiger partial charge in [0.1, 0.15) is 5.60 Å². The molecule has 6 nitrogen and oxygen atoms in total. The number of nitrogens with zero attached hydrogens (tertiary/aromatic N) is 2. The van der Waals surface area contributed by atoms with Gasteiger partial charge in [-0.3, -0.25) is 4.79 Å². The molecule has 1 atom stereocenters. The third-order valence-electron chi connectivity index (χ3n) is 4.44. The van der Waals surface area contributed by atoms with E-state index in [4.69, 9.17) is 32.7 Å². The average molecular weight is 527 g/mol. The SMILES string of the molecule is CC(C)(C)OC(=O)N1CCN2C(=O)c3cc(Cl)c(I)c(Cl)c3OCC[C@@H]2C1. The maximum Gasteiger partial charge on any atom is 0.410 e. The Hall–Kier alpha value is -0.930. The smallest absolute Gasteiger partial charge is 0.410 e. The highest BCUT2D eigenvalue weighted by Crippen LogP contribution is 2.39. The number of hydrogen-bond acceptors (Lipinski definition) is 4. The summed E-state index contributed by atoms with van der Waals surface area (Å²) in [6.07, 6.45) is 0.235. The quantitative estimate of drug-likeness (QED) is 0.370. The van der Waals surface area contributed by atoms with Crippen LogP contribution in [0.5, 0.6) is 5.75 Å². The molecule has 2 amide bonds. The molecule has 1 aromatic carbocycles. The normalized spacial score (nSPS) is 20.2. The van der Waals surface area contributed by atoms with Crippen molar-refractivity contribution in [3.8, 4) is 5.75 Å². The predicted molar refractivity (Wildman–Crippen MR) is 112 cm³/mol. The highest BCUT2D eigenvalue weighted by atomic mass is 127. The Morgan fingerprint density at radius 1 is 1.33 bits per heavy atom. The Kier molecular flexibility index (Phi) is 6.03. The molecule has 1 saturated heterocycles. The molecule has 27 heavy (non-hydrogen) atoms. The van der Waals surface area contributed by atoms with E-state index in [0.29, 0.717) is 57.6 Å². The van der Waals surface area contributed by atoms with Crippen molar-refractivity contribution in [2.75, 3.05) is 26.2 Å². The molecule has 9 heteroatoms. The summed E-state index contributed by atoms with van der Waals surface area (Å²) in [5, 5.41) is 0.776. The largest absolute Gasteiger partial charge is 0.491 e. The van der Waals surface area contributed by atoms with Crippen molar-refractivity contribution in [1.29, 1.82) is 0 Å². The number of amides is 2. The van der Waals surface area contributed by atoms with Gasteiger partial charge in [-0.05, 0) is 49.4 Å². The Bertz CT molecular complexity index is 782. The first-order valence-corrected chi connectivity index (χ1v) is 10.5. The Morgan fingerprint density at radius 2 is 2.04 bits per heavy atom. The zero-order chi connectivity index (χ0) is 19.9. The van der Waals surface area contributed by atoms with Crippen molar-refractivity contribution >= 4 is 57.8 Å². The number of ether oxygens (including phenoxy) is 2. The molecule has 0 N–H and O–H groups in total. The van der Waals surface area contributed by atoms with E-state index in [9.17, 15) is 9.59 Å². The summed E-state index contributed by atoms with van der Waals surface area (Å²) in [7, 11) is 0. The maximum atomic E-state index is 13.1. The van der Waals surface area contributed by atoms with Gasteiger partial charge in [0.15, 0.2) is 5.75 Å². The molecule has 0 radical (unpaired) electrons. The van der Waals surface area contributed by atoms with Gasteiger partial charge in [0.05, 0.1) is 31.8 Å². The van der Waals surface area contributed by atoms with Gasteiger partial charge in [-0.1, -0.05) is 23.2 Å².